The zero-order chi connectivity index (χ0) is 23.1. The Hall–Kier alpha value is -3.12. The second-order valence-electron chi connectivity index (χ2n) is 8.37. The van der Waals surface area contributed by atoms with Gasteiger partial charge in [0, 0.05) is 19.5 Å². The number of sulfonamides is 1. The number of anilines is 1. The van der Waals surface area contributed by atoms with Crippen LogP contribution >= 0.6 is 0 Å². The van der Waals surface area contributed by atoms with E-state index in [1.165, 1.54) is 10.7 Å². The SMILES string of the molecule is O=C(CCc1ccccc1CN(c1ccccc1)S(=O)(=O)c1ccccc1)N1CCCCC1. The summed E-state index contributed by atoms with van der Waals surface area (Å²) in [5.41, 5.74) is 2.53. The van der Waals surface area contributed by atoms with Crippen molar-refractivity contribution in [2.24, 2.45) is 0 Å². The van der Waals surface area contributed by atoms with Crippen LogP contribution in [0.2, 0.25) is 0 Å². The van der Waals surface area contributed by atoms with E-state index < -0.39 is 10.0 Å². The highest BCUT2D eigenvalue weighted by Gasteiger charge is 2.26. The normalized spacial score (nSPS) is 14.1. The maximum absolute atomic E-state index is 13.6. The van der Waals surface area contributed by atoms with Crippen molar-refractivity contribution >= 4 is 21.6 Å². The van der Waals surface area contributed by atoms with Crippen LogP contribution in [-0.4, -0.2) is 32.3 Å². The van der Waals surface area contributed by atoms with Gasteiger partial charge in [-0.1, -0.05) is 60.7 Å². The number of aryl methyl sites for hydroxylation is 1. The maximum Gasteiger partial charge on any atom is 0.264 e. The lowest BCUT2D eigenvalue weighted by atomic mass is 10.0. The minimum Gasteiger partial charge on any atom is -0.343 e. The zero-order valence-electron chi connectivity index (χ0n) is 18.8. The van der Waals surface area contributed by atoms with Gasteiger partial charge in [-0.05, 0) is 61.1 Å². The van der Waals surface area contributed by atoms with Gasteiger partial charge in [-0.25, -0.2) is 8.42 Å². The van der Waals surface area contributed by atoms with E-state index in [0.29, 0.717) is 18.5 Å². The highest BCUT2D eigenvalue weighted by molar-refractivity contribution is 7.92. The van der Waals surface area contributed by atoms with Gasteiger partial charge in [-0.15, -0.1) is 0 Å². The molecule has 1 aliphatic rings. The van der Waals surface area contributed by atoms with Crippen molar-refractivity contribution in [2.45, 2.75) is 43.5 Å². The van der Waals surface area contributed by atoms with E-state index in [-0.39, 0.29) is 17.3 Å². The van der Waals surface area contributed by atoms with Gasteiger partial charge >= 0.3 is 0 Å². The van der Waals surface area contributed by atoms with Crippen molar-refractivity contribution in [3.05, 3.63) is 96.1 Å². The van der Waals surface area contributed by atoms with Gasteiger partial charge < -0.3 is 4.90 Å². The molecule has 0 saturated carbocycles. The fourth-order valence-electron chi connectivity index (χ4n) is 4.28. The van der Waals surface area contributed by atoms with Crippen LogP contribution in [0.3, 0.4) is 0 Å². The highest BCUT2D eigenvalue weighted by atomic mass is 32.2. The molecule has 0 radical (unpaired) electrons. The summed E-state index contributed by atoms with van der Waals surface area (Å²) in [5, 5.41) is 0. The largest absolute Gasteiger partial charge is 0.343 e. The van der Waals surface area contributed by atoms with Crippen molar-refractivity contribution in [1.29, 1.82) is 0 Å². The number of nitrogens with zero attached hydrogens (tertiary/aromatic N) is 2. The predicted molar refractivity (Wildman–Crippen MR) is 131 cm³/mol. The Morgan fingerprint density at radius 1 is 0.758 bits per heavy atom. The summed E-state index contributed by atoms with van der Waals surface area (Å²) in [4.78, 5) is 14.9. The average Bonchev–Trinajstić information content (AvgIpc) is 2.88. The zero-order valence-corrected chi connectivity index (χ0v) is 19.6. The minimum atomic E-state index is -3.76. The molecule has 0 N–H and O–H groups in total. The first kappa shape index (κ1) is 23.1. The molecule has 0 spiro atoms. The Balaban J connectivity index is 1.59. The van der Waals surface area contributed by atoms with Gasteiger partial charge in [0.25, 0.3) is 10.0 Å². The molecule has 3 aromatic rings. The molecule has 0 bridgehead atoms. The highest BCUT2D eigenvalue weighted by Crippen LogP contribution is 2.27. The second-order valence-corrected chi connectivity index (χ2v) is 10.2. The van der Waals surface area contributed by atoms with Crippen LogP contribution in [0.15, 0.2) is 89.8 Å². The molecular weight excluding hydrogens is 432 g/mol. The standard InChI is InChI=1S/C27H30N2O3S/c30-27(28-20-10-3-11-21-28)19-18-23-12-8-9-13-24(23)22-29(25-14-4-1-5-15-25)33(31,32)26-16-6-2-7-17-26/h1-2,4-9,12-17H,3,10-11,18-22H2. The Kier molecular flexibility index (Phi) is 7.45. The Morgan fingerprint density at radius 3 is 2.00 bits per heavy atom. The summed E-state index contributed by atoms with van der Waals surface area (Å²) in [6, 6.07) is 25.5. The van der Waals surface area contributed by atoms with Crippen LogP contribution in [-0.2, 0) is 27.8 Å². The molecule has 5 nitrogen and oxygen atoms in total. The molecule has 3 aromatic carbocycles. The Labute approximate surface area is 196 Å². The first-order chi connectivity index (χ1) is 16.1. The predicted octanol–water partition coefficient (Wildman–Crippen LogP) is 5.03. The Morgan fingerprint density at radius 2 is 1.33 bits per heavy atom. The van der Waals surface area contributed by atoms with Gasteiger partial charge in [-0.3, -0.25) is 9.10 Å². The summed E-state index contributed by atoms with van der Waals surface area (Å²) >= 11 is 0. The van der Waals surface area contributed by atoms with Crippen molar-refractivity contribution in [2.75, 3.05) is 17.4 Å². The number of carbonyl (C=O) groups excluding carboxylic acids is 1. The summed E-state index contributed by atoms with van der Waals surface area (Å²) in [6.07, 6.45) is 4.38. The lowest BCUT2D eigenvalue weighted by molar-refractivity contribution is -0.132. The third-order valence-corrected chi connectivity index (χ3v) is 7.91. The molecule has 1 heterocycles. The smallest absolute Gasteiger partial charge is 0.264 e. The summed E-state index contributed by atoms with van der Waals surface area (Å²) in [7, 11) is -3.76. The van der Waals surface area contributed by atoms with Crippen LogP contribution in [0.1, 0.15) is 36.8 Å². The summed E-state index contributed by atoms with van der Waals surface area (Å²) < 4.78 is 28.6. The second kappa shape index (κ2) is 10.7. The Bertz CT molecular complexity index is 1160. The third kappa shape index (κ3) is 5.63. The van der Waals surface area contributed by atoms with E-state index in [9.17, 15) is 13.2 Å². The number of piperidine rings is 1. The van der Waals surface area contributed by atoms with Crippen LogP contribution in [0.25, 0.3) is 0 Å². The lowest BCUT2D eigenvalue weighted by Crippen LogP contribution is -2.35. The van der Waals surface area contributed by atoms with Gasteiger partial charge in [0.1, 0.15) is 0 Å². The van der Waals surface area contributed by atoms with Crippen molar-refractivity contribution in [3.8, 4) is 0 Å². The average molecular weight is 463 g/mol. The van der Waals surface area contributed by atoms with Gasteiger partial charge in [0.15, 0.2) is 0 Å². The molecule has 1 fully saturated rings. The first-order valence-electron chi connectivity index (χ1n) is 11.5. The minimum absolute atomic E-state index is 0.182. The molecule has 0 aromatic heterocycles. The first-order valence-corrected chi connectivity index (χ1v) is 13.0. The van der Waals surface area contributed by atoms with Gasteiger partial charge in [0.2, 0.25) is 5.91 Å². The summed E-state index contributed by atoms with van der Waals surface area (Å²) in [5.74, 6) is 0.182. The lowest BCUT2D eigenvalue weighted by Gasteiger charge is -2.27. The van der Waals surface area contributed by atoms with Crippen molar-refractivity contribution in [3.63, 3.8) is 0 Å². The molecule has 0 aliphatic carbocycles. The van der Waals surface area contributed by atoms with E-state index >= 15 is 0 Å². The molecule has 172 valence electrons. The van der Waals surface area contributed by atoms with Crippen LogP contribution < -0.4 is 4.31 Å². The number of carbonyl (C=O) groups is 1. The molecule has 33 heavy (non-hydrogen) atoms. The molecule has 1 amide bonds. The van der Waals surface area contributed by atoms with E-state index in [2.05, 4.69) is 0 Å². The number of likely N-dealkylation sites (tertiary alicyclic amines) is 1. The number of hydrogen-bond donors (Lipinski definition) is 0. The monoisotopic (exact) mass is 462 g/mol. The third-order valence-electron chi connectivity index (χ3n) is 6.12. The fraction of sp³-hybridized carbons (Fsp3) is 0.296. The van der Waals surface area contributed by atoms with Crippen LogP contribution in [0.5, 0.6) is 0 Å². The van der Waals surface area contributed by atoms with Gasteiger partial charge in [-0.2, -0.15) is 0 Å². The molecule has 4 rings (SSSR count). The number of benzene rings is 3. The quantitative estimate of drug-likeness (QED) is 0.472. The van der Waals surface area contributed by atoms with Crippen molar-refractivity contribution < 1.29 is 13.2 Å². The van der Waals surface area contributed by atoms with E-state index in [0.717, 1.165) is 37.1 Å². The van der Waals surface area contributed by atoms with Crippen molar-refractivity contribution in [1.82, 2.24) is 4.90 Å². The summed E-state index contributed by atoms with van der Waals surface area (Å²) in [6.45, 7) is 1.89. The fourth-order valence-corrected chi connectivity index (χ4v) is 5.75. The van der Waals surface area contributed by atoms with Gasteiger partial charge in [0.05, 0.1) is 17.1 Å². The molecule has 1 aliphatic heterocycles. The molecule has 0 unspecified atom stereocenters. The van der Waals surface area contributed by atoms with E-state index in [1.807, 2.05) is 59.5 Å². The maximum atomic E-state index is 13.6. The number of hydrogen-bond acceptors (Lipinski definition) is 3. The van der Waals surface area contributed by atoms with Crippen LogP contribution in [0.4, 0.5) is 5.69 Å². The number of rotatable bonds is 8. The molecule has 1 saturated heterocycles. The van der Waals surface area contributed by atoms with E-state index in [1.54, 1.807) is 30.3 Å². The molecule has 0 atom stereocenters. The topological polar surface area (TPSA) is 57.7 Å². The van der Waals surface area contributed by atoms with Crippen LogP contribution in [0, 0.1) is 0 Å². The molecular formula is C27H30N2O3S. The number of amides is 1. The molecule has 6 heteroatoms. The van der Waals surface area contributed by atoms with E-state index in [4.69, 9.17) is 0 Å². The number of para-hydroxylation sites is 1.